The van der Waals surface area contributed by atoms with Gasteiger partial charge >= 0.3 is 0 Å². The molecule has 1 fully saturated rings. The second kappa shape index (κ2) is 6.90. The van der Waals surface area contributed by atoms with Gasteiger partial charge in [-0.05, 0) is 56.9 Å². The molecule has 0 N–H and O–H groups in total. The number of ether oxygens (including phenoxy) is 1. The molecule has 1 unspecified atom stereocenters. The summed E-state index contributed by atoms with van der Waals surface area (Å²) >= 11 is 1.56. The fourth-order valence-electron chi connectivity index (χ4n) is 3.91. The van der Waals surface area contributed by atoms with Crippen molar-refractivity contribution in [2.75, 3.05) is 29.7 Å². The minimum Gasteiger partial charge on any atom is -0.494 e. The molecule has 1 aromatic rings. The summed E-state index contributed by atoms with van der Waals surface area (Å²) in [5, 5.41) is 0. The zero-order valence-electron chi connectivity index (χ0n) is 15.4. The molecule has 0 aliphatic carbocycles. The van der Waals surface area contributed by atoms with Gasteiger partial charge in [-0.3, -0.25) is 9.59 Å². The van der Waals surface area contributed by atoms with Gasteiger partial charge in [-0.2, -0.15) is 0 Å². The van der Waals surface area contributed by atoms with Crippen LogP contribution in [0.15, 0.2) is 18.2 Å². The Balaban J connectivity index is 1.93. The Labute approximate surface area is 153 Å². The van der Waals surface area contributed by atoms with Gasteiger partial charge in [0.2, 0.25) is 11.8 Å². The zero-order valence-corrected chi connectivity index (χ0v) is 16.2. The number of amides is 2. The Hall–Kier alpha value is -1.69. The van der Waals surface area contributed by atoms with Gasteiger partial charge in [0.25, 0.3) is 0 Å². The van der Waals surface area contributed by atoms with Gasteiger partial charge in [-0.15, -0.1) is 11.8 Å². The van der Waals surface area contributed by atoms with Crippen LogP contribution in [0, 0.1) is 0 Å². The molecule has 0 radical (unpaired) electrons. The molecule has 0 bridgehead atoms. The van der Waals surface area contributed by atoms with Crippen molar-refractivity contribution in [1.29, 1.82) is 0 Å². The van der Waals surface area contributed by atoms with Crippen LogP contribution in [-0.4, -0.2) is 47.0 Å². The first-order chi connectivity index (χ1) is 11.8. The average molecular weight is 362 g/mol. The Morgan fingerprint density at radius 1 is 1.40 bits per heavy atom. The number of hydrogen-bond acceptors (Lipinski definition) is 4. The standard InChI is InChI=1S/C19H26N2O3S/c1-5-24-14-6-7-16-15(8-14)13(2)9-19(3,4)21(16)17(22)10-20-12-25-11-18(20)23/h6-8,13H,5,9-12H2,1-4H3. The quantitative estimate of drug-likeness (QED) is 0.825. The van der Waals surface area contributed by atoms with Crippen molar-refractivity contribution in [3.05, 3.63) is 23.8 Å². The average Bonchev–Trinajstić information content (AvgIpc) is 2.92. The molecule has 0 aromatic heterocycles. The summed E-state index contributed by atoms with van der Waals surface area (Å²) in [6, 6.07) is 5.96. The van der Waals surface area contributed by atoms with Crippen LogP contribution in [0.25, 0.3) is 0 Å². The van der Waals surface area contributed by atoms with Gasteiger partial charge in [0.1, 0.15) is 12.3 Å². The van der Waals surface area contributed by atoms with Gasteiger partial charge in [-0.1, -0.05) is 6.92 Å². The van der Waals surface area contributed by atoms with E-state index in [-0.39, 0.29) is 23.9 Å². The molecule has 136 valence electrons. The molecule has 2 amide bonds. The number of carbonyl (C=O) groups is 2. The van der Waals surface area contributed by atoms with E-state index in [2.05, 4.69) is 26.8 Å². The Kier molecular flexibility index (Phi) is 5.00. The van der Waals surface area contributed by atoms with Crippen LogP contribution >= 0.6 is 11.8 Å². The number of nitrogens with zero attached hydrogens (tertiary/aromatic N) is 2. The maximum Gasteiger partial charge on any atom is 0.247 e. The molecule has 1 atom stereocenters. The lowest BCUT2D eigenvalue weighted by molar-refractivity contribution is -0.131. The zero-order chi connectivity index (χ0) is 18.2. The Morgan fingerprint density at radius 2 is 2.16 bits per heavy atom. The highest BCUT2D eigenvalue weighted by atomic mass is 32.2. The number of anilines is 1. The van der Waals surface area contributed by atoms with Gasteiger partial charge < -0.3 is 14.5 Å². The van der Waals surface area contributed by atoms with Crippen LogP contribution in [0.1, 0.15) is 45.6 Å². The van der Waals surface area contributed by atoms with Crippen LogP contribution in [0.2, 0.25) is 0 Å². The molecule has 0 saturated carbocycles. The Bertz CT molecular complexity index is 689. The van der Waals surface area contributed by atoms with Gasteiger partial charge in [0.05, 0.1) is 18.2 Å². The summed E-state index contributed by atoms with van der Waals surface area (Å²) in [4.78, 5) is 28.5. The third kappa shape index (κ3) is 3.50. The second-order valence-corrected chi connectivity index (χ2v) is 8.32. The number of hydrogen-bond donors (Lipinski definition) is 0. The van der Waals surface area contributed by atoms with Gasteiger partial charge in [0, 0.05) is 11.2 Å². The van der Waals surface area contributed by atoms with E-state index >= 15 is 0 Å². The van der Waals surface area contributed by atoms with E-state index in [0.717, 1.165) is 23.4 Å². The first-order valence-electron chi connectivity index (χ1n) is 8.79. The van der Waals surface area contributed by atoms with E-state index in [1.165, 1.54) is 0 Å². The Morgan fingerprint density at radius 3 is 2.80 bits per heavy atom. The summed E-state index contributed by atoms with van der Waals surface area (Å²) < 4.78 is 5.63. The topological polar surface area (TPSA) is 49.9 Å². The molecular weight excluding hydrogens is 336 g/mol. The predicted molar refractivity (Wildman–Crippen MR) is 101 cm³/mol. The number of thioether (sulfide) groups is 1. The third-order valence-electron chi connectivity index (χ3n) is 4.89. The summed E-state index contributed by atoms with van der Waals surface area (Å²) in [6.07, 6.45) is 0.879. The number of rotatable bonds is 4. The van der Waals surface area contributed by atoms with Crippen molar-refractivity contribution in [2.45, 2.75) is 45.6 Å². The molecule has 3 rings (SSSR count). The molecular formula is C19H26N2O3S. The van der Waals surface area contributed by atoms with E-state index in [0.29, 0.717) is 24.2 Å². The van der Waals surface area contributed by atoms with Crippen molar-refractivity contribution >= 4 is 29.3 Å². The third-order valence-corrected chi connectivity index (χ3v) is 5.84. The molecule has 6 heteroatoms. The van der Waals surface area contributed by atoms with Crippen LogP contribution < -0.4 is 9.64 Å². The first-order valence-corrected chi connectivity index (χ1v) is 9.94. The van der Waals surface area contributed by atoms with Crippen LogP contribution in [0.4, 0.5) is 5.69 Å². The smallest absolute Gasteiger partial charge is 0.247 e. The maximum atomic E-state index is 13.1. The number of carbonyl (C=O) groups excluding carboxylic acids is 2. The largest absolute Gasteiger partial charge is 0.494 e. The molecule has 2 aliphatic heterocycles. The predicted octanol–water partition coefficient (Wildman–Crippen LogP) is 3.24. The minimum absolute atomic E-state index is 0.0156. The van der Waals surface area contributed by atoms with Crippen molar-refractivity contribution in [3.8, 4) is 5.75 Å². The van der Waals surface area contributed by atoms with Gasteiger partial charge in [0.15, 0.2) is 0 Å². The van der Waals surface area contributed by atoms with E-state index in [1.54, 1.807) is 16.7 Å². The molecule has 5 nitrogen and oxygen atoms in total. The minimum atomic E-state index is -0.285. The van der Waals surface area contributed by atoms with E-state index < -0.39 is 0 Å². The fraction of sp³-hybridized carbons (Fsp3) is 0.579. The van der Waals surface area contributed by atoms with Crippen LogP contribution in [-0.2, 0) is 9.59 Å². The highest BCUT2D eigenvalue weighted by Crippen LogP contribution is 2.44. The summed E-state index contributed by atoms with van der Waals surface area (Å²) in [5.41, 5.74) is 1.80. The summed E-state index contributed by atoms with van der Waals surface area (Å²) in [7, 11) is 0. The first kappa shape index (κ1) is 18.1. The number of benzene rings is 1. The monoisotopic (exact) mass is 362 g/mol. The van der Waals surface area contributed by atoms with E-state index in [4.69, 9.17) is 4.74 Å². The number of fused-ring (bicyclic) bond motifs is 1. The summed E-state index contributed by atoms with van der Waals surface area (Å²) in [6.45, 7) is 9.13. The SMILES string of the molecule is CCOc1ccc2c(c1)C(C)CC(C)(C)N2C(=O)CN1CSCC1=O. The van der Waals surface area contributed by atoms with Crippen LogP contribution in [0.5, 0.6) is 5.75 Å². The molecule has 2 aliphatic rings. The highest BCUT2D eigenvalue weighted by molar-refractivity contribution is 8.00. The maximum absolute atomic E-state index is 13.1. The van der Waals surface area contributed by atoms with Crippen molar-refractivity contribution in [3.63, 3.8) is 0 Å². The van der Waals surface area contributed by atoms with Crippen molar-refractivity contribution < 1.29 is 14.3 Å². The van der Waals surface area contributed by atoms with E-state index in [9.17, 15) is 9.59 Å². The van der Waals surface area contributed by atoms with Gasteiger partial charge in [-0.25, -0.2) is 0 Å². The normalized spacial score (nSPS) is 22.1. The molecule has 25 heavy (non-hydrogen) atoms. The van der Waals surface area contributed by atoms with E-state index in [1.807, 2.05) is 24.0 Å². The molecule has 2 heterocycles. The molecule has 1 saturated heterocycles. The van der Waals surface area contributed by atoms with Crippen molar-refractivity contribution in [1.82, 2.24) is 4.90 Å². The summed E-state index contributed by atoms with van der Waals surface area (Å²) in [5.74, 6) is 2.30. The lowest BCUT2D eigenvalue weighted by atomic mass is 9.80. The lowest BCUT2D eigenvalue weighted by Gasteiger charge is -2.46. The fourth-order valence-corrected chi connectivity index (χ4v) is 4.81. The highest BCUT2D eigenvalue weighted by Gasteiger charge is 2.41. The molecule has 1 aromatic carbocycles. The second-order valence-electron chi connectivity index (χ2n) is 7.37. The lowest BCUT2D eigenvalue weighted by Crippen LogP contribution is -2.54. The van der Waals surface area contributed by atoms with Crippen molar-refractivity contribution in [2.24, 2.45) is 0 Å². The van der Waals surface area contributed by atoms with Crippen LogP contribution in [0.3, 0.4) is 0 Å². The molecule has 0 spiro atoms.